The van der Waals surface area contributed by atoms with Crippen molar-refractivity contribution in [1.82, 2.24) is 9.88 Å². The van der Waals surface area contributed by atoms with Gasteiger partial charge in [0, 0.05) is 17.4 Å². The van der Waals surface area contributed by atoms with Gasteiger partial charge in [0.05, 0.1) is 11.6 Å². The molecule has 0 spiro atoms. The Morgan fingerprint density at radius 3 is 2.48 bits per heavy atom. The van der Waals surface area contributed by atoms with Crippen molar-refractivity contribution in [2.75, 3.05) is 6.61 Å². The first-order valence-electron chi connectivity index (χ1n) is 9.50. The Labute approximate surface area is 160 Å². The van der Waals surface area contributed by atoms with E-state index in [1.807, 2.05) is 45.9 Å². The Bertz CT molecular complexity index is 878. The SMILES string of the molecule is Cc1ccc([C@H](C)NC(=O)COC(=O)c2cc(C)n(C3CC3)c2C)cc1C. The largest absolute Gasteiger partial charge is 0.452 e. The molecule has 1 fully saturated rings. The van der Waals surface area contributed by atoms with Crippen LogP contribution in [-0.4, -0.2) is 23.1 Å². The number of esters is 1. The van der Waals surface area contributed by atoms with Crippen molar-refractivity contribution < 1.29 is 14.3 Å². The molecule has 0 saturated heterocycles. The highest BCUT2D eigenvalue weighted by Gasteiger charge is 2.28. The van der Waals surface area contributed by atoms with Gasteiger partial charge in [0.2, 0.25) is 0 Å². The number of hydrogen-bond donors (Lipinski definition) is 1. The molecule has 27 heavy (non-hydrogen) atoms. The number of aryl methyl sites for hydroxylation is 3. The summed E-state index contributed by atoms with van der Waals surface area (Å²) in [5, 5.41) is 2.89. The van der Waals surface area contributed by atoms with Gasteiger partial charge in [0.15, 0.2) is 6.61 Å². The van der Waals surface area contributed by atoms with Crippen molar-refractivity contribution in [2.24, 2.45) is 0 Å². The van der Waals surface area contributed by atoms with E-state index in [0.29, 0.717) is 11.6 Å². The smallest absolute Gasteiger partial charge is 0.340 e. The number of nitrogens with one attached hydrogen (secondary N) is 1. The first-order chi connectivity index (χ1) is 12.8. The fraction of sp³-hybridized carbons (Fsp3) is 0.455. The predicted octanol–water partition coefficient (Wildman–Crippen LogP) is 4.09. The summed E-state index contributed by atoms with van der Waals surface area (Å²) in [4.78, 5) is 24.6. The average molecular weight is 368 g/mol. The minimum atomic E-state index is -0.441. The summed E-state index contributed by atoms with van der Waals surface area (Å²) in [6.07, 6.45) is 2.31. The van der Waals surface area contributed by atoms with Gasteiger partial charge in [-0.25, -0.2) is 4.79 Å². The van der Waals surface area contributed by atoms with Crippen LogP contribution in [0.25, 0.3) is 0 Å². The topological polar surface area (TPSA) is 60.3 Å². The van der Waals surface area contributed by atoms with Crippen LogP contribution in [-0.2, 0) is 9.53 Å². The molecule has 1 N–H and O–H groups in total. The van der Waals surface area contributed by atoms with E-state index in [1.54, 1.807) is 0 Å². The minimum Gasteiger partial charge on any atom is -0.452 e. The van der Waals surface area contributed by atoms with Crippen LogP contribution in [0.2, 0.25) is 0 Å². The van der Waals surface area contributed by atoms with Gasteiger partial charge in [-0.3, -0.25) is 4.79 Å². The number of benzene rings is 1. The van der Waals surface area contributed by atoms with Crippen LogP contribution >= 0.6 is 0 Å². The molecular weight excluding hydrogens is 340 g/mol. The molecule has 1 atom stereocenters. The second kappa shape index (κ2) is 7.59. The van der Waals surface area contributed by atoms with Crippen molar-refractivity contribution in [3.05, 3.63) is 57.9 Å². The van der Waals surface area contributed by atoms with E-state index in [2.05, 4.69) is 22.9 Å². The molecule has 1 aliphatic carbocycles. The van der Waals surface area contributed by atoms with Gasteiger partial charge in [-0.15, -0.1) is 0 Å². The Hall–Kier alpha value is -2.56. The lowest BCUT2D eigenvalue weighted by molar-refractivity contribution is -0.124. The second-order valence-corrected chi connectivity index (χ2v) is 7.60. The minimum absolute atomic E-state index is 0.143. The molecule has 5 nitrogen and oxygen atoms in total. The summed E-state index contributed by atoms with van der Waals surface area (Å²) < 4.78 is 7.45. The van der Waals surface area contributed by atoms with Crippen molar-refractivity contribution >= 4 is 11.9 Å². The zero-order valence-electron chi connectivity index (χ0n) is 16.8. The van der Waals surface area contributed by atoms with Gasteiger partial charge < -0.3 is 14.6 Å². The van der Waals surface area contributed by atoms with Gasteiger partial charge in [-0.1, -0.05) is 18.2 Å². The molecule has 3 rings (SSSR count). The van der Waals surface area contributed by atoms with Crippen LogP contribution in [0.1, 0.15) is 70.3 Å². The maximum Gasteiger partial charge on any atom is 0.340 e. The molecule has 1 aliphatic rings. The number of amides is 1. The third-order valence-electron chi connectivity index (χ3n) is 5.36. The molecule has 0 radical (unpaired) electrons. The van der Waals surface area contributed by atoms with Gasteiger partial charge in [-0.05, 0) is 70.2 Å². The predicted molar refractivity (Wildman–Crippen MR) is 105 cm³/mol. The van der Waals surface area contributed by atoms with E-state index in [0.717, 1.165) is 29.8 Å². The summed E-state index contributed by atoms with van der Waals surface area (Å²) in [6.45, 7) is 9.69. The average Bonchev–Trinajstić information content (AvgIpc) is 3.40. The van der Waals surface area contributed by atoms with E-state index in [1.165, 1.54) is 11.1 Å². The van der Waals surface area contributed by atoms with Crippen molar-refractivity contribution in [3.63, 3.8) is 0 Å². The highest BCUT2D eigenvalue weighted by atomic mass is 16.5. The van der Waals surface area contributed by atoms with Crippen LogP contribution in [0.15, 0.2) is 24.3 Å². The van der Waals surface area contributed by atoms with Gasteiger partial charge >= 0.3 is 5.97 Å². The van der Waals surface area contributed by atoms with Crippen LogP contribution in [0, 0.1) is 27.7 Å². The third kappa shape index (κ3) is 4.24. The normalized spacial score (nSPS) is 14.7. The molecule has 2 aromatic rings. The standard InChI is InChI=1S/C22H28N2O3/c1-13-6-7-18(10-14(13)2)16(4)23-21(25)12-27-22(26)20-11-15(3)24(17(20)5)19-8-9-19/h6-7,10-11,16,19H,8-9,12H2,1-5H3,(H,23,25)/t16-/m0/s1. The lowest BCUT2D eigenvalue weighted by atomic mass is 10.0. The van der Waals surface area contributed by atoms with Crippen molar-refractivity contribution in [3.8, 4) is 0 Å². The summed E-state index contributed by atoms with van der Waals surface area (Å²) in [6, 6.07) is 8.34. The van der Waals surface area contributed by atoms with Crippen LogP contribution in [0.4, 0.5) is 0 Å². The maximum absolute atomic E-state index is 12.4. The quantitative estimate of drug-likeness (QED) is 0.781. The first kappa shape index (κ1) is 19.2. The molecule has 1 aromatic carbocycles. The first-order valence-corrected chi connectivity index (χ1v) is 9.50. The fourth-order valence-corrected chi connectivity index (χ4v) is 3.49. The van der Waals surface area contributed by atoms with Crippen molar-refractivity contribution in [2.45, 2.75) is 59.5 Å². The zero-order chi connectivity index (χ0) is 19.7. The van der Waals surface area contributed by atoms with Crippen LogP contribution in [0.5, 0.6) is 0 Å². The molecular formula is C22H28N2O3. The summed E-state index contributed by atoms with van der Waals surface area (Å²) >= 11 is 0. The molecule has 1 saturated carbocycles. The van der Waals surface area contributed by atoms with Crippen LogP contribution in [0.3, 0.4) is 0 Å². The Balaban J connectivity index is 1.56. The maximum atomic E-state index is 12.4. The number of rotatable bonds is 6. The van der Waals surface area contributed by atoms with E-state index in [-0.39, 0.29) is 18.6 Å². The van der Waals surface area contributed by atoms with Gasteiger partial charge in [-0.2, -0.15) is 0 Å². The van der Waals surface area contributed by atoms with Gasteiger partial charge in [0.25, 0.3) is 5.91 Å². The van der Waals surface area contributed by atoms with Crippen LogP contribution < -0.4 is 5.32 Å². The highest BCUT2D eigenvalue weighted by molar-refractivity contribution is 5.92. The van der Waals surface area contributed by atoms with E-state index in [4.69, 9.17) is 4.74 Å². The summed E-state index contributed by atoms with van der Waals surface area (Å²) in [5.41, 5.74) is 5.97. The second-order valence-electron chi connectivity index (χ2n) is 7.60. The molecule has 5 heteroatoms. The summed E-state index contributed by atoms with van der Waals surface area (Å²) in [5.74, 6) is -0.742. The van der Waals surface area contributed by atoms with E-state index >= 15 is 0 Å². The molecule has 1 amide bonds. The van der Waals surface area contributed by atoms with Gasteiger partial charge in [0.1, 0.15) is 0 Å². The van der Waals surface area contributed by atoms with E-state index < -0.39 is 5.97 Å². The molecule has 0 unspecified atom stereocenters. The molecule has 0 aliphatic heterocycles. The molecule has 1 aromatic heterocycles. The highest BCUT2D eigenvalue weighted by Crippen LogP contribution is 2.38. The number of ether oxygens (including phenoxy) is 1. The Morgan fingerprint density at radius 1 is 1.15 bits per heavy atom. The molecule has 1 heterocycles. The monoisotopic (exact) mass is 368 g/mol. The number of nitrogens with zero attached hydrogens (tertiary/aromatic N) is 1. The third-order valence-corrected chi connectivity index (χ3v) is 5.36. The fourth-order valence-electron chi connectivity index (χ4n) is 3.49. The summed E-state index contributed by atoms with van der Waals surface area (Å²) in [7, 11) is 0. The Morgan fingerprint density at radius 2 is 1.85 bits per heavy atom. The Kier molecular flexibility index (Phi) is 5.40. The number of hydrogen-bond acceptors (Lipinski definition) is 3. The van der Waals surface area contributed by atoms with Crippen molar-refractivity contribution in [1.29, 1.82) is 0 Å². The number of carbonyl (C=O) groups excluding carboxylic acids is 2. The molecule has 144 valence electrons. The lowest BCUT2D eigenvalue weighted by Gasteiger charge is -2.16. The zero-order valence-corrected chi connectivity index (χ0v) is 16.8. The lowest BCUT2D eigenvalue weighted by Crippen LogP contribution is -2.31. The number of carbonyl (C=O) groups is 2. The number of aromatic nitrogens is 1. The van der Waals surface area contributed by atoms with E-state index in [9.17, 15) is 9.59 Å². The molecule has 0 bridgehead atoms.